The Morgan fingerprint density at radius 1 is 1.17 bits per heavy atom. The molecular weight excluding hydrogens is 302 g/mol. The zero-order valence-electron chi connectivity index (χ0n) is 14.7. The maximum Gasteiger partial charge on any atom is 0.243 e. The van der Waals surface area contributed by atoms with Crippen molar-refractivity contribution < 1.29 is 5.11 Å². The number of hydrazone groups is 1. The lowest BCUT2D eigenvalue weighted by Crippen LogP contribution is -2.26. The number of aromatic nitrogens is 2. The van der Waals surface area contributed by atoms with Crippen LogP contribution < -0.4 is 10.3 Å². The molecule has 0 unspecified atom stereocenters. The lowest BCUT2D eigenvalue weighted by molar-refractivity contribution is 0.302. The number of likely N-dealkylation sites (N-methyl/N-ethyl adjacent to an activating group) is 1. The van der Waals surface area contributed by atoms with E-state index in [0.717, 1.165) is 34.7 Å². The summed E-state index contributed by atoms with van der Waals surface area (Å²) in [6.45, 7) is 9.62. The van der Waals surface area contributed by atoms with Crippen molar-refractivity contribution in [1.82, 2.24) is 9.97 Å². The van der Waals surface area contributed by atoms with Crippen LogP contribution in [0.3, 0.4) is 0 Å². The van der Waals surface area contributed by atoms with E-state index in [-0.39, 0.29) is 6.61 Å². The first-order chi connectivity index (χ1) is 11.5. The summed E-state index contributed by atoms with van der Waals surface area (Å²) < 4.78 is 0. The Morgan fingerprint density at radius 3 is 2.46 bits per heavy atom. The first kappa shape index (κ1) is 17.9. The SMILES string of the molecule is CCN(CCO)c1ccc(/C=N\Nc2nc(C)cc(C)n2)c(C)c1. The largest absolute Gasteiger partial charge is 0.395 e. The first-order valence-corrected chi connectivity index (χ1v) is 8.11. The Morgan fingerprint density at radius 2 is 1.88 bits per heavy atom. The van der Waals surface area contributed by atoms with Gasteiger partial charge in [-0.3, -0.25) is 0 Å². The van der Waals surface area contributed by atoms with Crippen LogP contribution in [0, 0.1) is 20.8 Å². The molecule has 6 nitrogen and oxygen atoms in total. The van der Waals surface area contributed by atoms with Crippen LogP contribution in [-0.4, -0.2) is 41.0 Å². The summed E-state index contributed by atoms with van der Waals surface area (Å²) in [5.74, 6) is 0.498. The number of aliphatic hydroxyl groups excluding tert-OH is 1. The highest BCUT2D eigenvalue weighted by molar-refractivity contribution is 5.83. The summed E-state index contributed by atoms with van der Waals surface area (Å²) in [6.07, 6.45) is 1.77. The van der Waals surface area contributed by atoms with Gasteiger partial charge in [-0.1, -0.05) is 6.07 Å². The molecule has 0 aliphatic rings. The fourth-order valence-electron chi connectivity index (χ4n) is 2.53. The minimum Gasteiger partial charge on any atom is -0.395 e. The van der Waals surface area contributed by atoms with Gasteiger partial charge in [0, 0.05) is 30.2 Å². The van der Waals surface area contributed by atoms with Crippen molar-refractivity contribution >= 4 is 17.9 Å². The van der Waals surface area contributed by atoms with Gasteiger partial charge in [-0.2, -0.15) is 5.10 Å². The van der Waals surface area contributed by atoms with Gasteiger partial charge in [-0.05, 0) is 57.0 Å². The van der Waals surface area contributed by atoms with Crippen molar-refractivity contribution in [2.24, 2.45) is 5.10 Å². The molecule has 0 aliphatic heterocycles. The molecule has 1 aromatic heterocycles. The number of nitrogens with one attached hydrogen (secondary N) is 1. The highest BCUT2D eigenvalue weighted by Crippen LogP contribution is 2.18. The molecule has 2 aromatic rings. The van der Waals surface area contributed by atoms with Crippen LogP contribution in [0.25, 0.3) is 0 Å². The van der Waals surface area contributed by atoms with Crippen LogP contribution in [0.2, 0.25) is 0 Å². The van der Waals surface area contributed by atoms with Gasteiger partial charge < -0.3 is 10.0 Å². The third kappa shape index (κ3) is 4.76. The standard InChI is InChI=1S/C18H25N5O/c1-5-23(8-9-24)17-7-6-16(13(2)10-17)12-19-22-18-20-14(3)11-15(4)21-18/h6-7,10-12,24H,5,8-9H2,1-4H3,(H,20,21,22)/b19-12-. The molecule has 2 N–H and O–H groups in total. The van der Waals surface area contributed by atoms with Gasteiger partial charge in [0.05, 0.1) is 12.8 Å². The lowest BCUT2D eigenvalue weighted by atomic mass is 10.1. The third-order valence-electron chi connectivity index (χ3n) is 3.72. The Hall–Kier alpha value is -2.47. The Labute approximate surface area is 143 Å². The molecule has 1 aromatic carbocycles. The van der Waals surface area contributed by atoms with E-state index in [1.54, 1.807) is 6.21 Å². The Balaban J connectivity index is 2.09. The molecular formula is C18H25N5O. The summed E-state index contributed by atoms with van der Waals surface area (Å²) in [7, 11) is 0. The van der Waals surface area contributed by atoms with Gasteiger partial charge in [0.1, 0.15) is 0 Å². The van der Waals surface area contributed by atoms with Gasteiger partial charge in [-0.25, -0.2) is 15.4 Å². The van der Waals surface area contributed by atoms with Crippen LogP contribution in [0.5, 0.6) is 0 Å². The van der Waals surface area contributed by atoms with Gasteiger partial charge >= 0.3 is 0 Å². The molecule has 0 saturated heterocycles. The molecule has 0 bridgehead atoms. The van der Waals surface area contributed by atoms with Crippen molar-refractivity contribution in [3.63, 3.8) is 0 Å². The molecule has 1 heterocycles. The van der Waals surface area contributed by atoms with Gasteiger partial charge in [0.15, 0.2) is 0 Å². The molecule has 0 atom stereocenters. The fourth-order valence-corrected chi connectivity index (χ4v) is 2.53. The van der Waals surface area contributed by atoms with Crippen LogP contribution >= 0.6 is 0 Å². The maximum atomic E-state index is 9.13. The summed E-state index contributed by atoms with van der Waals surface area (Å²) in [5, 5.41) is 13.4. The lowest BCUT2D eigenvalue weighted by Gasteiger charge is -2.22. The fraction of sp³-hybridized carbons (Fsp3) is 0.389. The van der Waals surface area contributed by atoms with E-state index < -0.39 is 0 Å². The Kier molecular flexibility index (Phi) is 6.26. The second-order valence-corrected chi connectivity index (χ2v) is 5.69. The van der Waals surface area contributed by atoms with E-state index in [0.29, 0.717) is 12.5 Å². The monoisotopic (exact) mass is 327 g/mol. The molecule has 0 amide bonds. The number of hydrogen-bond donors (Lipinski definition) is 2. The number of hydrogen-bond acceptors (Lipinski definition) is 6. The normalized spacial score (nSPS) is 11.0. The maximum absolute atomic E-state index is 9.13. The molecule has 24 heavy (non-hydrogen) atoms. The molecule has 2 rings (SSSR count). The van der Waals surface area contributed by atoms with Crippen molar-refractivity contribution in [2.75, 3.05) is 30.0 Å². The summed E-state index contributed by atoms with van der Waals surface area (Å²) in [5.41, 5.74) is 7.94. The van der Waals surface area contributed by atoms with Gasteiger partial charge in [0.25, 0.3) is 0 Å². The van der Waals surface area contributed by atoms with E-state index >= 15 is 0 Å². The number of rotatable bonds is 7. The predicted molar refractivity (Wildman–Crippen MR) is 98.9 cm³/mol. The average molecular weight is 327 g/mol. The van der Waals surface area contributed by atoms with Crippen LogP contribution in [0.4, 0.5) is 11.6 Å². The van der Waals surface area contributed by atoms with E-state index in [4.69, 9.17) is 5.11 Å². The summed E-state index contributed by atoms with van der Waals surface area (Å²) in [6, 6.07) is 8.09. The van der Waals surface area contributed by atoms with E-state index in [2.05, 4.69) is 38.4 Å². The molecule has 6 heteroatoms. The van der Waals surface area contributed by atoms with E-state index in [1.165, 1.54) is 0 Å². The highest BCUT2D eigenvalue weighted by atomic mass is 16.3. The van der Waals surface area contributed by atoms with Crippen LogP contribution in [0.15, 0.2) is 29.4 Å². The molecule has 0 fully saturated rings. The van der Waals surface area contributed by atoms with Crippen molar-refractivity contribution in [3.8, 4) is 0 Å². The van der Waals surface area contributed by atoms with Crippen LogP contribution in [-0.2, 0) is 0 Å². The van der Waals surface area contributed by atoms with Crippen LogP contribution in [0.1, 0.15) is 29.4 Å². The van der Waals surface area contributed by atoms with Crippen molar-refractivity contribution in [1.29, 1.82) is 0 Å². The second-order valence-electron chi connectivity index (χ2n) is 5.69. The summed E-state index contributed by atoms with van der Waals surface area (Å²) in [4.78, 5) is 10.7. The average Bonchev–Trinajstić information content (AvgIpc) is 2.53. The predicted octanol–water partition coefficient (Wildman–Crippen LogP) is 2.67. The number of nitrogens with zero attached hydrogens (tertiary/aromatic N) is 4. The van der Waals surface area contributed by atoms with Gasteiger partial charge in [0.2, 0.25) is 5.95 Å². The van der Waals surface area contributed by atoms with Gasteiger partial charge in [-0.15, -0.1) is 0 Å². The zero-order valence-corrected chi connectivity index (χ0v) is 14.7. The quantitative estimate of drug-likeness (QED) is 0.604. The zero-order chi connectivity index (χ0) is 17.5. The van der Waals surface area contributed by atoms with Crippen molar-refractivity contribution in [2.45, 2.75) is 27.7 Å². The molecule has 128 valence electrons. The Bertz CT molecular complexity index is 694. The van der Waals surface area contributed by atoms with E-state index in [1.807, 2.05) is 39.0 Å². The first-order valence-electron chi connectivity index (χ1n) is 8.11. The third-order valence-corrected chi connectivity index (χ3v) is 3.72. The number of anilines is 2. The number of aryl methyl sites for hydroxylation is 3. The second kappa shape index (κ2) is 8.40. The number of aliphatic hydroxyl groups is 1. The molecule has 0 spiro atoms. The molecule has 0 saturated carbocycles. The molecule has 0 radical (unpaired) electrons. The topological polar surface area (TPSA) is 73.6 Å². The smallest absolute Gasteiger partial charge is 0.243 e. The minimum atomic E-state index is 0.149. The van der Waals surface area contributed by atoms with Crippen molar-refractivity contribution in [3.05, 3.63) is 46.8 Å². The summed E-state index contributed by atoms with van der Waals surface area (Å²) >= 11 is 0. The number of benzene rings is 1. The van der Waals surface area contributed by atoms with E-state index in [9.17, 15) is 0 Å². The molecule has 0 aliphatic carbocycles. The minimum absolute atomic E-state index is 0.149. The highest BCUT2D eigenvalue weighted by Gasteiger charge is 2.05.